The second-order valence-electron chi connectivity index (χ2n) is 5.40. The van der Waals surface area contributed by atoms with Gasteiger partial charge in [-0.25, -0.2) is 15.0 Å². The Morgan fingerprint density at radius 2 is 1.92 bits per heavy atom. The summed E-state index contributed by atoms with van der Waals surface area (Å²) in [5.41, 5.74) is 3.38. The number of nitrogens with one attached hydrogen (secondary N) is 1. The van der Waals surface area contributed by atoms with Gasteiger partial charge in [0.15, 0.2) is 5.78 Å². The lowest BCUT2D eigenvalue weighted by Crippen LogP contribution is -1.98. The summed E-state index contributed by atoms with van der Waals surface area (Å²) in [5, 5.41) is 4.28. The van der Waals surface area contributed by atoms with Crippen LogP contribution in [0.3, 0.4) is 0 Å². The maximum Gasteiger partial charge on any atom is 0.227 e. The highest BCUT2D eigenvalue weighted by molar-refractivity contribution is 7.15. The van der Waals surface area contributed by atoms with E-state index in [1.54, 1.807) is 36.6 Å². The number of carbonyl (C=O) groups excluding carboxylic acids is 1. The maximum atomic E-state index is 11.3. The van der Waals surface area contributed by atoms with Crippen LogP contribution < -0.4 is 5.32 Å². The fourth-order valence-corrected chi connectivity index (χ4v) is 3.28. The highest BCUT2D eigenvalue weighted by Crippen LogP contribution is 2.29. The van der Waals surface area contributed by atoms with Crippen molar-refractivity contribution in [2.75, 3.05) is 5.32 Å². The fraction of sp³-hybridized carbons (Fsp3) is 0.222. The molecular weight excluding hydrogens is 320 g/mol. The summed E-state index contributed by atoms with van der Waals surface area (Å²) < 4.78 is 0. The summed E-state index contributed by atoms with van der Waals surface area (Å²) in [6.45, 7) is 5.65. The zero-order valence-corrected chi connectivity index (χ0v) is 14.6. The Kier molecular flexibility index (Phi) is 4.66. The van der Waals surface area contributed by atoms with E-state index in [4.69, 9.17) is 0 Å². The Hall–Kier alpha value is -2.60. The van der Waals surface area contributed by atoms with Crippen molar-refractivity contribution in [3.8, 4) is 10.6 Å². The first kappa shape index (κ1) is 16.3. The van der Waals surface area contributed by atoms with Crippen LogP contribution in [-0.2, 0) is 6.42 Å². The third kappa shape index (κ3) is 3.49. The topological polar surface area (TPSA) is 67.8 Å². The van der Waals surface area contributed by atoms with E-state index in [2.05, 4.69) is 27.2 Å². The van der Waals surface area contributed by atoms with E-state index < -0.39 is 0 Å². The summed E-state index contributed by atoms with van der Waals surface area (Å²) in [5.74, 6) is 0.570. The van der Waals surface area contributed by atoms with Crippen molar-refractivity contribution in [2.45, 2.75) is 27.2 Å². The highest BCUT2D eigenvalue weighted by atomic mass is 32.1. The van der Waals surface area contributed by atoms with Crippen molar-refractivity contribution in [1.29, 1.82) is 0 Å². The minimum absolute atomic E-state index is 0.0483. The number of thiazole rings is 1. The summed E-state index contributed by atoms with van der Waals surface area (Å²) in [6.07, 6.45) is 2.66. The molecule has 5 nitrogen and oxygen atoms in total. The number of hydrogen-bond donors (Lipinski definition) is 1. The van der Waals surface area contributed by atoms with E-state index in [-0.39, 0.29) is 5.78 Å². The first-order chi connectivity index (χ1) is 11.6. The van der Waals surface area contributed by atoms with Crippen molar-refractivity contribution < 1.29 is 4.79 Å². The van der Waals surface area contributed by atoms with Gasteiger partial charge < -0.3 is 5.32 Å². The van der Waals surface area contributed by atoms with Crippen LogP contribution in [0.2, 0.25) is 0 Å². The van der Waals surface area contributed by atoms with Gasteiger partial charge in [-0.1, -0.05) is 6.92 Å². The van der Waals surface area contributed by atoms with Crippen molar-refractivity contribution in [1.82, 2.24) is 15.0 Å². The number of ketones is 1. The monoisotopic (exact) mass is 338 g/mol. The Labute approximate surface area is 144 Å². The van der Waals surface area contributed by atoms with Crippen molar-refractivity contribution in [2.24, 2.45) is 0 Å². The van der Waals surface area contributed by atoms with Gasteiger partial charge in [0.05, 0.1) is 21.3 Å². The highest BCUT2D eigenvalue weighted by Gasteiger charge is 2.11. The summed E-state index contributed by atoms with van der Waals surface area (Å²) in [4.78, 5) is 25.8. The summed E-state index contributed by atoms with van der Waals surface area (Å²) in [7, 11) is 0. The van der Waals surface area contributed by atoms with Gasteiger partial charge in [0.1, 0.15) is 0 Å². The third-order valence-electron chi connectivity index (χ3n) is 3.58. The van der Waals surface area contributed by atoms with Gasteiger partial charge in [0.25, 0.3) is 0 Å². The zero-order valence-electron chi connectivity index (χ0n) is 13.8. The van der Waals surface area contributed by atoms with E-state index in [0.29, 0.717) is 11.5 Å². The number of aromatic nitrogens is 3. The minimum Gasteiger partial charge on any atom is -0.324 e. The number of hydrogen-bond acceptors (Lipinski definition) is 6. The van der Waals surface area contributed by atoms with Gasteiger partial charge in [-0.3, -0.25) is 4.79 Å². The molecule has 3 aromatic rings. The van der Waals surface area contributed by atoms with Crippen LogP contribution in [0.4, 0.5) is 11.6 Å². The van der Waals surface area contributed by atoms with Crippen LogP contribution in [0.5, 0.6) is 0 Å². The number of aryl methyl sites for hydroxylation is 2. The molecule has 0 fully saturated rings. The van der Waals surface area contributed by atoms with Crippen LogP contribution >= 0.6 is 11.3 Å². The molecule has 6 heteroatoms. The van der Waals surface area contributed by atoms with Crippen molar-refractivity contribution in [3.63, 3.8) is 0 Å². The number of Topliss-reactive ketones (excluding diaryl/α,β-unsaturated/α-hetero) is 1. The molecule has 0 saturated carbocycles. The normalized spacial score (nSPS) is 10.6. The Morgan fingerprint density at radius 3 is 2.54 bits per heavy atom. The lowest BCUT2D eigenvalue weighted by Gasteiger charge is -2.06. The largest absolute Gasteiger partial charge is 0.324 e. The van der Waals surface area contributed by atoms with E-state index in [9.17, 15) is 4.79 Å². The van der Waals surface area contributed by atoms with Gasteiger partial charge in [-0.15, -0.1) is 11.3 Å². The number of carbonyl (C=O) groups is 1. The molecule has 0 aliphatic heterocycles. The number of benzene rings is 1. The number of rotatable bonds is 5. The zero-order chi connectivity index (χ0) is 17.1. The maximum absolute atomic E-state index is 11.3. The summed E-state index contributed by atoms with van der Waals surface area (Å²) >= 11 is 1.67. The van der Waals surface area contributed by atoms with E-state index in [0.717, 1.165) is 33.4 Å². The third-order valence-corrected chi connectivity index (χ3v) is 4.90. The fourth-order valence-electron chi connectivity index (χ4n) is 2.30. The number of nitrogens with zero attached hydrogens (tertiary/aromatic N) is 3. The molecule has 24 heavy (non-hydrogen) atoms. The van der Waals surface area contributed by atoms with Crippen LogP contribution in [-0.4, -0.2) is 20.7 Å². The predicted octanol–water partition coefficient (Wildman–Crippen LogP) is 4.42. The SMILES string of the molecule is CCc1nc(C)c(-c2ccnc(Nc3ccc(C(C)=O)cc3)n2)s1. The molecule has 1 N–H and O–H groups in total. The van der Waals surface area contributed by atoms with Crippen LogP contribution in [0.1, 0.15) is 34.9 Å². The first-order valence-electron chi connectivity index (χ1n) is 7.74. The molecule has 0 aliphatic rings. The average molecular weight is 338 g/mol. The molecule has 1 aromatic carbocycles. The van der Waals surface area contributed by atoms with Gasteiger partial charge in [-0.05, 0) is 50.6 Å². The second kappa shape index (κ2) is 6.88. The molecule has 0 bridgehead atoms. The van der Waals surface area contributed by atoms with Gasteiger partial charge in [0, 0.05) is 17.4 Å². The van der Waals surface area contributed by atoms with Gasteiger partial charge in [0.2, 0.25) is 5.95 Å². The first-order valence-corrected chi connectivity index (χ1v) is 8.56. The summed E-state index contributed by atoms with van der Waals surface area (Å²) in [6, 6.07) is 9.16. The standard InChI is InChI=1S/C18H18N4OS/c1-4-16-20-11(2)17(24-16)15-9-10-19-18(22-15)21-14-7-5-13(6-8-14)12(3)23/h5-10H,4H2,1-3H3,(H,19,21,22). The molecule has 0 amide bonds. The second-order valence-corrected chi connectivity index (χ2v) is 6.48. The van der Waals surface area contributed by atoms with Gasteiger partial charge in [-0.2, -0.15) is 0 Å². The van der Waals surface area contributed by atoms with Crippen molar-refractivity contribution in [3.05, 3.63) is 52.8 Å². The lowest BCUT2D eigenvalue weighted by atomic mass is 10.1. The lowest BCUT2D eigenvalue weighted by molar-refractivity contribution is 0.101. The van der Waals surface area contributed by atoms with E-state index >= 15 is 0 Å². The molecule has 122 valence electrons. The molecule has 0 saturated heterocycles. The molecular formula is C18H18N4OS. The molecule has 0 atom stereocenters. The number of anilines is 2. The Balaban J connectivity index is 1.85. The molecule has 2 aromatic heterocycles. The molecule has 0 radical (unpaired) electrons. The van der Waals surface area contributed by atoms with Crippen LogP contribution in [0.25, 0.3) is 10.6 Å². The molecule has 0 unspecified atom stereocenters. The quantitative estimate of drug-likeness (QED) is 0.698. The molecule has 0 aliphatic carbocycles. The molecule has 3 rings (SSSR count). The van der Waals surface area contributed by atoms with E-state index in [1.165, 1.54) is 0 Å². The molecule has 0 spiro atoms. The Bertz CT molecular complexity index is 871. The van der Waals surface area contributed by atoms with Crippen LogP contribution in [0, 0.1) is 6.92 Å². The van der Waals surface area contributed by atoms with Crippen LogP contribution in [0.15, 0.2) is 36.5 Å². The molecule has 2 heterocycles. The predicted molar refractivity (Wildman–Crippen MR) is 97.0 cm³/mol. The van der Waals surface area contributed by atoms with E-state index in [1.807, 2.05) is 25.1 Å². The van der Waals surface area contributed by atoms with Gasteiger partial charge >= 0.3 is 0 Å². The minimum atomic E-state index is 0.0483. The average Bonchev–Trinajstić information content (AvgIpc) is 2.97. The Morgan fingerprint density at radius 1 is 1.17 bits per heavy atom. The smallest absolute Gasteiger partial charge is 0.227 e. The van der Waals surface area contributed by atoms with Crippen molar-refractivity contribution >= 4 is 28.8 Å².